The molecule has 1 heterocycles. The highest BCUT2D eigenvalue weighted by Gasteiger charge is 2.15. The van der Waals surface area contributed by atoms with Crippen LogP contribution in [0.25, 0.3) is 0 Å². The molecule has 0 saturated carbocycles. The SMILES string of the molecule is CCNc1nc(OCC)nc(N(CC)CC(C)C#N)n1. The second-order valence-corrected chi connectivity index (χ2v) is 4.27. The van der Waals surface area contributed by atoms with Crippen molar-refractivity contribution >= 4 is 11.9 Å². The molecule has 0 aliphatic heterocycles. The van der Waals surface area contributed by atoms with Crippen LogP contribution >= 0.6 is 0 Å². The summed E-state index contributed by atoms with van der Waals surface area (Å²) in [5.74, 6) is 0.929. The molecule has 1 aromatic rings. The predicted octanol–water partition coefficient (Wildman–Crippen LogP) is 1.69. The third-order valence-electron chi connectivity index (χ3n) is 2.59. The van der Waals surface area contributed by atoms with Crippen LogP contribution in [-0.4, -0.2) is 41.2 Å². The topological polar surface area (TPSA) is 87.0 Å². The van der Waals surface area contributed by atoms with Gasteiger partial charge in [-0.15, -0.1) is 0 Å². The summed E-state index contributed by atoms with van der Waals surface area (Å²) in [5.41, 5.74) is 0. The number of nitriles is 1. The summed E-state index contributed by atoms with van der Waals surface area (Å²) in [4.78, 5) is 14.8. The van der Waals surface area contributed by atoms with Gasteiger partial charge < -0.3 is 15.0 Å². The van der Waals surface area contributed by atoms with Crippen molar-refractivity contribution in [3.05, 3.63) is 0 Å². The van der Waals surface area contributed by atoms with Gasteiger partial charge in [0.25, 0.3) is 0 Å². The Labute approximate surface area is 120 Å². The van der Waals surface area contributed by atoms with Crippen molar-refractivity contribution in [1.29, 1.82) is 5.26 Å². The minimum absolute atomic E-state index is 0.0927. The van der Waals surface area contributed by atoms with E-state index in [9.17, 15) is 0 Å². The Balaban J connectivity index is 3.03. The van der Waals surface area contributed by atoms with Gasteiger partial charge in [0, 0.05) is 19.6 Å². The van der Waals surface area contributed by atoms with E-state index in [1.54, 1.807) is 0 Å². The molecule has 7 nitrogen and oxygen atoms in total. The van der Waals surface area contributed by atoms with Crippen LogP contribution in [0, 0.1) is 17.2 Å². The summed E-state index contributed by atoms with van der Waals surface area (Å²) in [6, 6.07) is 2.52. The monoisotopic (exact) mass is 278 g/mol. The van der Waals surface area contributed by atoms with Crippen LogP contribution in [0.1, 0.15) is 27.7 Å². The van der Waals surface area contributed by atoms with Gasteiger partial charge in [-0.05, 0) is 27.7 Å². The summed E-state index contributed by atoms with van der Waals surface area (Å²) in [5, 5.41) is 12.0. The Bertz CT molecular complexity index is 434. The third kappa shape index (κ3) is 4.53. The molecule has 0 fully saturated rings. The number of aromatic nitrogens is 3. The van der Waals surface area contributed by atoms with Gasteiger partial charge in [-0.25, -0.2) is 0 Å². The van der Waals surface area contributed by atoms with E-state index < -0.39 is 0 Å². The highest BCUT2D eigenvalue weighted by Crippen LogP contribution is 2.16. The first-order valence-corrected chi connectivity index (χ1v) is 6.91. The molecule has 1 aromatic heterocycles. The van der Waals surface area contributed by atoms with Crippen molar-refractivity contribution in [2.45, 2.75) is 27.7 Å². The summed E-state index contributed by atoms with van der Waals surface area (Å²) in [6.45, 7) is 10.2. The van der Waals surface area contributed by atoms with Crippen LogP contribution in [-0.2, 0) is 0 Å². The van der Waals surface area contributed by atoms with Crippen LogP contribution in [0.2, 0.25) is 0 Å². The number of ether oxygens (including phenoxy) is 1. The molecule has 7 heteroatoms. The lowest BCUT2D eigenvalue weighted by molar-refractivity contribution is 0.312. The number of hydrogen-bond donors (Lipinski definition) is 1. The van der Waals surface area contributed by atoms with Gasteiger partial charge in [-0.2, -0.15) is 20.2 Å². The molecular formula is C13H22N6O. The van der Waals surface area contributed by atoms with Crippen molar-refractivity contribution in [3.8, 4) is 12.1 Å². The van der Waals surface area contributed by atoms with E-state index in [-0.39, 0.29) is 5.92 Å². The van der Waals surface area contributed by atoms with Crippen molar-refractivity contribution in [2.75, 3.05) is 36.5 Å². The molecule has 20 heavy (non-hydrogen) atoms. The van der Waals surface area contributed by atoms with Crippen molar-refractivity contribution < 1.29 is 4.74 Å². The van der Waals surface area contributed by atoms with E-state index in [2.05, 4.69) is 26.3 Å². The smallest absolute Gasteiger partial charge is 0.323 e. The molecule has 0 bridgehead atoms. The lowest BCUT2D eigenvalue weighted by atomic mass is 10.2. The fourth-order valence-corrected chi connectivity index (χ4v) is 1.64. The highest BCUT2D eigenvalue weighted by atomic mass is 16.5. The summed E-state index contributed by atoms with van der Waals surface area (Å²) in [7, 11) is 0. The predicted molar refractivity (Wildman–Crippen MR) is 77.8 cm³/mol. The normalized spacial score (nSPS) is 11.6. The Kier molecular flexibility index (Phi) is 6.50. The zero-order valence-corrected chi connectivity index (χ0v) is 12.6. The van der Waals surface area contributed by atoms with Gasteiger partial charge in [0.1, 0.15) is 0 Å². The van der Waals surface area contributed by atoms with Crippen LogP contribution < -0.4 is 15.0 Å². The Morgan fingerprint density at radius 3 is 2.60 bits per heavy atom. The fraction of sp³-hybridized carbons (Fsp3) is 0.692. The second kappa shape index (κ2) is 8.15. The largest absolute Gasteiger partial charge is 0.464 e. The second-order valence-electron chi connectivity index (χ2n) is 4.27. The van der Waals surface area contributed by atoms with Crippen molar-refractivity contribution in [1.82, 2.24) is 15.0 Å². The van der Waals surface area contributed by atoms with E-state index in [4.69, 9.17) is 10.00 Å². The molecule has 0 spiro atoms. The molecule has 1 unspecified atom stereocenters. The van der Waals surface area contributed by atoms with Crippen molar-refractivity contribution in [3.63, 3.8) is 0 Å². The maximum Gasteiger partial charge on any atom is 0.323 e. The Morgan fingerprint density at radius 1 is 1.30 bits per heavy atom. The lowest BCUT2D eigenvalue weighted by Crippen LogP contribution is -2.30. The van der Waals surface area contributed by atoms with Crippen LogP contribution in [0.4, 0.5) is 11.9 Å². The van der Waals surface area contributed by atoms with Gasteiger partial charge in [-0.3, -0.25) is 0 Å². The van der Waals surface area contributed by atoms with E-state index >= 15 is 0 Å². The summed E-state index contributed by atoms with van der Waals surface area (Å²) >= 11 is 0. The fourth-order valence-electron chi connectivity index (χ4n) is 1.64. The van der Waals surface area contributed by atoms with Crippen LogP contribution in [0.3, 0.4) is 0 Å². The highest BCUT2D eigenvalue weighted by molar-refractivity contribution is 5.38. The molecule has 0 radical (unpaired) electrons. The summed E-state index contributed by atoms with van der Waals surface area (Å²) in [6.07, 6.45) is 0. The first-order chi connectivity index (χ1) is 9.64. The number of rotatable bonds is 8. The number of anilines is 2. The van der Waals surface area contributed by atoms with Gasteiger partial charge in [0.2, 0.25) is 11.9 Å². The number of hydrogen-bond acceptors (Lipinski definition) is 7. The maximum absolute atomic E-state index is 8.94. The molecule has 1 atom stereocenters. The molecule has 1 N–H and O–H groups in total. The molecule has 0 aliphatic carbocycles. The van der Waals surface area contributed by atoms with Crippen LogP contribution in [0.5, 0.6) is 6.01 Å². The average Bonchev–Trinajstić information content (AvgIpc) is 2.44. The van der Waals surface area contributed by atoms with Crippen LogP contribution in [0.15, 0.2) is 0 Å². The van der Waals surface area contributed by atoms with E-state index in [1.165, 1.54) is 0 Å². The first kappa shape index (κ1) is 16.0. The molecule has 0 saturated heterocycles. The standard InChI is InChI=1S/C13H22N6O/c1-5-15-11-16-12(18-13(17-11)20-7-3)19(6-2)9-10(4)8-14/h10H,5-7,9H2,1-4H3,(H,15,16,17,18). The van der Waals surface area contributed by atoms with Crippen molar-refractivity contribution in [2.24, 2.45) is 5.92 Å². The first-order valence-electron chi connectivity index (χ1n) is 6.91. The van der Waals surface area contributed by atoms with Gasteiger partial charge in [-0.1, -0.05) is 0 Å². The van der Waals surface area contributed by atoms with Gasteiger partial charge in [0.15, 0.2) is 0 Å². The molecule has 0 aromatic carbocycles. The summed E-state index contributed by atoms with van der Waals surface area (Å²) < 4.78 is 5.37. The lowest BCUT2D eigenvalue weighted by Gasteiger charge is -2.22. The molecule has 0 amide bonds. The number of nitrogens with zero attached hydrogens (tertiary/aromatic N) is 5. The zero-order chi connectivity index (χ0) is 15.0. The molecule has 0 aliphatic rings. The minimum atomic E-state index is -0.0927. The average molecular weight is 278 g/mol. The molecule has 110 valence electrons. The van der Waals surface area contributed by atoms with Gasteiger partial charge >= 0.3 is 6.01 Å². The van der Waals surface area contributed by atoms with Gasteiger partial charge in [0.05, 0.1) is 18.6 Å². The van der Waals surface area contributed by atoms with E-state index in [0.717, 1.165) is 6.54 Å². The Hall–Kier alpha value is -2.10. The third-order valence-corrected chi connectivity index (χ3v) is 2.59. The molecule has 1 rings (SSSR count). The Morgan fingerprint density at radius 2 is 2.05 bits per heavy atom. The maximum atomic E-state index is 8.94. The van der Waals surface area contributed by atoms with E-state index in [1.807, 2.05) is 32.6 Å². The quantitative estimate of drug-likeness (QED) is 0.774. The minimum Gasteiger partial charge on any atom is -0.464 e. The number of nitrogens with one attached hydrogen (secondary N) is 1. The molecular weight excluding hydrogens is 256 g/mol. The van der Waals surface area contributed by atoms with E-state index in [0.29, 0.717) is 37.6 Å². The zero-order valence-electron chi connectivity index (χ0n) is 12.6.